The van der Waals surface area contributed by atoms with E-state index >= 15 is 0 Å². The Morgan fingerprint density at radius 2 is 2.00 bits per heavy atom. The molecule has 0 bridgehead atoms. The number of hydrogen-bond acceptors (Lipinski definition) is 1. The van der Waals surface area contributed by atoms with E-state index in [0.717, 1.165) is 0 Å². The first-order valence-electron chi connectivity index (χ1n) is 3.19. The van der Waals surface area contributed by atoms with Crippen molar-refractivity contribution in [3.63, 3.8) is 0 Å². The number of hydrogen-bond donors (Lipinski definition) is 1. The van der Waals surface area contributed by atoms with Gasteiger partial charge in [-0.2, -0.15) is 0 Å². The fraction of sp³-hybridized carbons (Fsp3) is 0. The first-order valence-corrected chi connectivity index (χ1v) is 3.94. The summed E-state index contributed by atoms with van der Waals surface area (Å²) in [4.78, 5) is 10.5. The first-order chi connectivity index (χ1) is 5.59. The monoisotopic (exact) mass is 202 g/mol. The van der Waals surface area contributed by atoms with Gasteiger partial charge in [-0.1, -0.05) is 29.3 Å². The van der Waals surface area contributed by atoms with Crippen molar-refractivity contribution in [3.05, 3.63) is 40.2 Å². The van der Waals surface area contributed by atoms with Gasteiger partial charge in [0.15, 0.2) is 0 Å². The highest BCUT2D eigenvalue weighted by Crippen LogP contribution is 2.22. The standard InChI is InChI=1S/C8H6Cl2NO/c9-6-2-1-5(3-7(6)10)4-8(11)12/h1-4H,(H2,11,12). The lowest BCUT2D eigenvalue weighted by molar-refractivity contribution is -0.114. The average molecular weight is 203 g/mol. The minimum atomic E-state index is -0.506. The van der Waals surface area contributed by atoms with E-state index in [0.29, 0.717) is 15.6 Å². The number of benzene rings is 1. The normalized spacial score (nSPS) is 9.83. The summed E-state index contributed by atoms with van der Waals surface area (Å²) in [5.41, 5.74) is 5.59. The van der Waals surface area contributed by atoms with E-state index in [4.69, 9.17) is 28.9 Å². The molecule has 0 aliphatic rings. The Morgan fingerprint density at radius 3 is 2.50 bits per heavy atom. The van der Waals surface area contributed by atoms with Crippen LogP contribution in [0.2, 0.25) is 10.0 Å². The Morgan fingerprint density at radius 1 is 1.33 bits per heavy atom. The van der Waals surface area contributed by atoms with Gasteiger partial charge in [0.25, 0.3) is 0 Å². The largest absolute Gasteiger partial charge is 0.369 e. The Bertz CT molecular complexity index is 312. The third kappa shape index (κ3) is 2.40. The van der Waals surface area contributed by atoms with Crippen molar-refractivity contribution in [1.29, 1.82) is 0 Å². The summed E-state index contributed by atoms with van der Waals surface area (Å²) < 4.78 is 0. The Balaban J connectivity index is 2.89. The van der Waals surface area contributed by atoms with Crippen LogP contribution in [-0.4, -0.2) is 5.91 Å². The van der Waals surface area contributed by atoms with Gasteiger partial charge in [-0.25, -0.2) is 0 Å². The van der Waals surface area contributed by atoms with Gasteiger partial charge in [-0.05, 0) is 17.7 Å². The zero-order chi connectivity index (χ0) is 9.14. The molecule has 0 aromatic heterocycles. The van der Waals surface area contributed by atoms with Crippen molar-refractivity contribution >= 4 is 29.1 Å². The van der Waals surface area contributed by atoms with Gasteiger partial charge >= 0.3 is 0 Å². The zero-order valence-electron chi connectivity index (χ0n) is 6.05. The molecule has 12 heavy (non-hydrogen) atoms. The number of carbonyl (C=O) groups excluding carboxylic acids is 1. The molecular formula is C8H6Cl2NO. The van der Waals surface area contributed by atoms with E-state index < -0.39 is 5.91 Å². The number of carbonyl (C=O) groups is 1. The molecule has 1 rings (SSSR count). The minimum Gasteiger partial charge on any atom is -0.369 e. The average Bonchev–Trinajstić information content (AvgIpc) is 1.96. The van der Waals surface area contributed by atoms with E-state index in [1.165, 1.54) is 6.42 Å². The van der Waals surface area contributed by atoms with Gasteiger partial charge in [0.1, 0.15) is 0 Å². The van der Waals surface area contributed by atoms with Crippen LogP contribution >= 0.6 is 23.2 Å². The molecule has 0 heterocycles. The van der Waals surface area contributed by atoms with E-state index in [2.05, 4.69) is 0 Å². The third-order valence-electron chi connectivity index (χ3n) is 1.25. The smallest absolute Gasteiger partial charge is 0.226 e. The van der Waals surface area contributed by atoms with E-state index in [1.807, 2.05) is 0 Å². The molecule has 2 nitrogen and oxygen atoms in total. The highest BCUT2D eigenvalue weighted by atomic mass is 35.5. The van der Waals surface area contributed by atoms with Crippen molar-refractivity contribution in [2.24, 2.45) is 5.73 Å². The molecule has 1 aromatic rings. The highest BCUT2D eigenvalue weighted by molar-refractivity contribution is 6.42. The number of primary amides is 1. The molecule has 4 heteroatoms. The lowest BCUT2D eigenvalue weighted by Crippen LogP contribution is -2.11. The van der Waals surface area contributed by atoms with Crippen LogP contribution in [0, 0.1) is 6.42 Å². The molecule has 0 spiro atoms. The van der Waals surface area contributed by atoms with Crippen LogP contribution in [-0.2, 0) is 4.79 Å². The van der Waals surface area contributed by atoms with E-state index in [-0.39, 0.29) is 0 Å². The van der Waals surface area contributed by atoms with Crippen LogP contribution in [0.3, 0.4) is 0 Å². The Labute approximate surface area is 80.3 Å². The van der Waals surface area contributed by atoms with Crippen molar-refractivity contribution < 1.29 is 4.79 Å². The summed E-state index contributed by atoms with van der Waals surface area (Å²) >= 11 is 11.3. The van der Waals surface area contributed by atoms with Crippen molar-refractivity contribution in [2.45, 2.75) is 0 Å². The molecule has 0 saturated heterocycles. The molecule has 0 aliphatic carbocycles. The molecule has 2 N–H and O–H groups in total. The second kappa shape index (κ2) is 3.78. The Hall–Kier alpha value is -0.730. The SMILES string of the molecule is NC(=O)[CH]c1ccc(Cl)c(Cl)c1. The molecular weight excluding hydrogens is 197 g/mol. The second-order valence-electron chi connectivity index (χ2n) is 2.22. The molecule has 0 fully saturated rings. The second-order valence-corrected chi connectivity index (χ2v) is 3.03. The zero-order valence-corrected chi connectivity index (χ0v) is 7.56. The van der Waals surface area contributed by atoms with Crippen LogP contribution in [0.25, 0.3) is 0 Å². The van der Waals surface area contributed by atoms with Crippen LogP contribution in [0.1, 0.15) is 5.56 Å². The van der Waals surface area contributed by atoms with Gasteiger partial charge in [0.05, 0.1) is 16.5 Å². The lowest BCUT2D eigenvalue weighted by Gasteiger charge is -1.98. The topological polar surface area (TPSA) is 43.1 Å². The summed E-state index contributed by atoms with van der Waals surface area (Å²) in [5.74, 6) is -0.506. The summed E-state index contributed by atoms with van der Waals surface area (Å²) in [7, 11) is 0. The quantitative estimate of drug-likeness (QED) is 0.784. The fourth-order valence-corrected chi connectivity index (χ4v) is 1.07. The summed E-state index contributed by atoms with van der Waals surface area (Å²) in [5, 5.41) is 0.866. The maximum atomic E-state index is 10.5. The molecule has 0 unspecified atom stereocenters. The number of amides is 1. The molecule has 0 saturated carbocycles. The van der Waals surface area contributed by atoms with E-state index in [1.54, 1.807) is 18.2 Å². The van der Waals surface area contributed by atoms with E-state index in [9.17, 15) is 4.79 Å². The van der Waals surface area contributed by atoms with Crippen LogP contribution < -0.4 is 5.73 Å². The Kier molecular flexibility index (Phi) is 2.95. The van der Waals surface area contributed by atoms with Gasteiger partial charge in [-0.3, -0.25) is 4.79 Å². The van der Waals surface area contributed by atoms with Crippen molar-refractivity contribution in [3.8, 4) is 0 Å². The summed E-state index contributed by atoms with van der Waals surface area (Å²) in [6.45, 7) is 0. The van der Waals surface area contributed by atoms with Gasteiger partial charge < -0.3 is 5.73 Å². The first kappa shape index (κ1) is 9.36. The predicted octanol–water partition coefficient (Wildman–Crippen LogP) is 2.03. The molecule has 0 atom stereocenters. The summed E-state index contributed by atoms with van der Waals surface area (Å²) in [6.07, 6.45) is 1.28. The summed E-state index contributed by atoms with van der Waals surface area (Å²) in [6, 6.07) is 4.85. The number of halogens is 2. The molecule has 1 aromatic carbocycles. The van der Waals surface area contributed by atoms with Crippen LogP contribution in [0.15, 0.2) is 18.2 Å². The molecule has 0 aliphatic heterocycles. The number of nitrogens with two attached hydrogens (primary N) is 1. The van der Waals surface area contributed by atoms with Crippen molar-refractivity contribution in [1.82, 2.24) is 0 Å². The highest BCUT2D eigenvalue weighted by Gasteiger charge is 2.02. The third-order valence-corrected chi connectivity index (χ3v) is 1.99. The number of rotatable bonds is 2. The molecule has 1 amide bonds. The van der Waals surface area contributed by atoms with Gasteiger partial charge in [-0.15, -0.1) is 0 Å². The minimum absolute atomic E-state index is 0.409. The molecule has 1 radical (unpaired) electrons. The van der Waals surface area contributed by atoms with Gasteiger partial charge in [0, 0.05) is 0 Å². The van der Waals surface area contributed by atoms with Crippen LogP contribution in [0.5, 0.6) is 0 Å². The maximum Gasteiger partial charge on any atom is 0.226 e. The maximum absolute atomic E-state index is 10.5. The van der Waals surface area contributed by atoms with Crippen LogP contribution in [0.4, 0.5) is 0 Å². The van der Waals surface area contributed by atoms with Gasteiger partial charge in [0.2, 0.25) is 5.91 Å². The predicted molar refractivity (Wildman–Crippen MR) is 49.1 cm³/mol. The molecule has 63 valence electrons. The lowest BCUT2D eigenvalue weighted by atomic mass is 10.1. The fourth-order valence-electron chi connectivity index (χ4n) is 0.766. The van der Waals surface area contributed by atoms with Crippen molar-refractivity contribution in [2.75, 3.05) is 0 Å².